The molecular formula is C58H38N2O. The van der Waals surface area contributed by atoms with Crippen LogP contribution in [0.5, 0.6) is 0 Å². The van der Waals surface area contributed by atoms with E-state index in [1.165, 1.54) is 43.8 Å². The zero-order chi connectivity index (χ0) is 40.3. The summed E-state index contributed by atoms with van der Waals surface area (Å²) in [5.74, 6) is 0. The Labute approximate surface area is 353 Å². The van der Waals surface area contributed by atoms with Gasteiger partial charge in [0.15, 0.2) is 0 Å². The monoisotopic (exact) mass is 778 g/mol. The second kappa shape index (κ2) is 14.3. The SMILES string of the molecule is c1ccc(-c2ccc(N(c3ccc4c5c(-c6cccc7ccccc67)c6c(cc5n(-c5ccccc5)c4c3)oc3ccccc36)c3ccccc3-c3ccccc3)cc2)cc1. The first-order valence-electron chi connectivity index (χ1n) is 20.8. The quantitative estimate of drug-likeness (QED) is 0.161. The summed E-state index contributed by atoms with van der Waals surface area (Å²) < 4.78 is 9.20. The Bertz CT molecular complexity index is 3560. The fourth-order valence-electron chi connectivity index (χ4n) is 9.47. The third-order valence-corrected chi connectivity index (χ3v) is 12.2. The fraction of sp³-hybridized carbons (Fsp3) is 0. The van der Waals surface area contributed by atoms with Gasteiger partial charge in [-0.25, -0.2) is 0 Å². The molecule has 0 saturated carbocycles. The molecule has 12 aromatic rings. The molecular weight excluding hydrogens is 741 g/mol. The zero-order valence-electron chi connectivity index (χ0n) is 33.2. The van der Waals surface area contributed by atoms with Crippen LogP contribution in [0, 0.1) is 0 Å². The number of furan rings is 1. The van der Waals surface area contributed by atoms with Crippen molar-refractivity contribution in [1.82, 2.24) is 4.57 Å². The molecule has 0 bridgehead atoms. The third kappa shape index (κ3) is 5.74. The summed E-state index contributed by atoms with van der Waals surface area (Å²) in [6, 6.07) is 82.8. The number of hydrogen-bond donors (Lipinski definition) is 0. The Balaban J connectivity index is 1.18. The average molecular weight is 779 g/mol. The number of aromatic nitrogens is 1. The van der Waals surface area contributed by atoms with Gasteiger partial charge in [-0.05, 0) is 81.6 Å². The first-order valence-corrected chi connectivity index (χ1v) is 20.8. The molecule has 0 saturated heterocycles. The van der Waals surface area contributed by atoms with Crippen LogP contribution in [-0.2, 0) is 0 Å². The summed E-state index contributed by atoms with van der Waals surface area (Å²) in [5.41, 5.74) is 15.3. The highest BCUT2D eigenvalue weighted by Gasteiger charge is 2.25. The van der Waals surface area contributed by atoms with Gasteiger partial charge in [-0.1, -0.05) is 176 Å². The van der Waals surface area contributed by atoms with Crippen LogP contribution >= 0.6 is 0 Å². The molecule has 0 unspecified atom stereocenters. The first kappa shape index (κ1) is 34.9. The van der Waals surface area contributed by atoms with Crippen molar-refractivity contribution >= 4 is 71.6 Å². The second-order valence-electron chi connectivity index (χ2n) is 15.6. The summed E-state index contributed by atoms with van der Waals surface area (Å²) in [5, 5.41) is 7.04. The minimum atomic E-state index is 0.869. The van der Waals surface area contributed by atoms with E-state index in [0.717, 1.165) is 66.8 Å². The van der Waals surface area contributed by atoms with Gasteiger partial charge in [0.1, 0.15) is 11.2 Å². The lowest BCUT2D eigenvalue weighted by Crippen LogP contribution is -2.11. The molecule has 0 atom stereocenters. The molecule has 61 heavy (non-hydrogen) atoms. The molecule has 12 rings (SSSR count). The van der Waals surface area contributed by atoms with Crippen LogP contribution < -0.4 is 4.90 Å². The van der Waals surface area contributed by atoms with Gasteiger partial charge in [0.2, 0.25) is 0 Å². The van der Waals surface area contributed by atoms with E-state index < -0.39 is 0 Å². The molecule has 0 fully saturated rings. The molecule has 0 aliphatic heterocycles. The van der Waals surface area contributed by atoms with Crippen molar-refractivity contribution < 1.29 is 4.42 Å². The van der Waals surface area contributed by atoms with Crippen LogP contribution in [0.4, 0.5) is 17.1 Å². The van der Waals surface area contributed by atoms with Crippen LogP contribution in [0.2, 0.25) is 0 Å². The molecule has 286 valence electrons. The topological polar surface area (TPSA) is 21.3 Å². The Morgan fingerprint density at radius 1 is 0.361 bits per heavy atom. The molecule has 0 spiro atoms. The summed E-state index contributed by atoms with van der Waals surface area (Å²) >= 11 is 0. The molecule has 2 aromatic heterocycles. The Hall–Kier alpha value is -8.14. The van der Waals surface area contributed by atoms with Crippen LogP contribution in [0.25, 0.3) is 93.6 Å². The standard InChI is InChI=1S/C58H38N2O/c1-4-17-39(18-5-1)40-31-33-44(34-32-40)59(51-29-14-12-26-47(51)42-19-6-2-7-20-42)45-35-36-49-52(37-45)60(43-23-8-3-9-24-43)53-38-55-57(50-27-13-15-30-54(50)61-55)58(56(49)53)48-28-16-22-41-21-10-11-25-46(41)48/h1-38H. The number of benzene rings is 10. The highest BCUT2D eigenvalue weighted by Crippen LogP contribution is 2.49. The maximum absolute atomic E-state index is 6.77. The van der Waals surface area contributed by atoms with Crippen molar-refractivity contribution in [3.05, 3.63) is 231 Å². The van der Waals surface area contributed by atoms with Gasteiger partial charge < -0.3 is 13.9 Å². The maximum Gasteiger partial charge on any atom is 0.138 e. The van der Waals surface area contributed by atoms with Gasteiger partial charge in [0.25, 0.3) is 0 Å². The van der Waals surface area contributed by atoms with E-state index in [0.29, 0.717) is 0 Å². The van der Waals surface area contributed by atoms with Crippen LogP contribution in [0.3, 0.4) is 0 Å². The van der Waals surface area contributed by atoms with Gasteiger partial charge >= 0.3 is 0 Å². The third-order valence-electron chi connectivity index (χ3n) is 12.2. The predicted octanol–water partition coefficient (Wildman–Crippen LogP) is 16.3. The molecule has 0 radical (unpaired) electrons. The molecule has 10 aromatic carbocycles. The predicted molar refractivity (Wildman–Crippen MR) is 257 cm³/mol. The van der Waals surface area contributed by atoms with E-state index in [4.69, 9.17) is 4.42 Å². The van der Waals surface area contributed by atoms with Crippen LogP contribution in [0.15, 0.2) is 235 Å². The fourth-order valence-corrected chi connectivity index (χ4v) is 9.47. The summed E-state index contributed by atoms with van der Waals surface area (Å²) in [4.78, 5) is 2.41. The Morgan fingerprint density at radius 3 is 1.77 bits per heavy atom. The second-order valence-corrected chi connectivity index (χ2v) is 15.6. The van der Waals surface area contributed by atoms with Crippen molar-refractivity contribution in [2.75, 3.05) is 4.90 Å². The number of para-hydroxylation sites is 3. The van der Waals surface area contributed by atoms with Crippen molar-refractivity contribution in [3.63, 3.8) is 0 Å². The van der Waals surface area contributed by atoms with Gasteiger partial charge in [-0.15, -0.1) is 0 Å². The van der Waals surface area contributed by atoms with Gasteiger partial charge in [-0.2, -0.15) is 0 Å². The van der Waals surface area contributed by atoms with E-state index in [2.05, 4.69) is 240 Å². The minimum absolute atomic E-state index is 0.869. The van der Waals surface area contributed by atoms with E-state index in [1.54, 1.807) is 0 Å². The molecule has 0 aliphatic carbocycles. The number of nitrogens with zero attached hydrogens (tertiary/aromatic N) is 2. The van der Waals surface area contributed by atoms with E-state index in [-0.39, 0.29) is 0 Å². The molecule has 3 nitrogen and oxygen atoms in total. The number of fused-ring (bicyclic) bond motifs is 7. The lowest BCUT2D eigenvalue weighted by atomic mass is 9.91. The molecule has 0 N–H and O–H groups in total. The van der Waals surface area contributed by atoms with Crippen molar-refractivity contribution in [2.24, 2.45) is 0 Å². The molecule has 3 heteroatoms. The zero-order valence-corrected chi connectivity index (χ0v) is 33.2. The largest absolute Gasteiger partial charge is 0.456 e. The van der Waals surface area contributed by atoms with Gasteiger partial charge in [-0.3, -0.25) is 0 Å². The van der Waals surface area contributed by atoms with Gasteiger partial charge in [0, 0.05) is 55.8 Å². The smallest absolute Gasteiger partial charge is 0.138 e. The molecule has 2 heterocycles. The van der Waals surface area contributed by atoms with E-state index in [9.17, 15) is 0 Å². The number of anilines is 3. The highest BCUT2D eigenvalue weighted by atomic mass is 16.3. The normalized spacial score (nSPS) is 11.6. The minimum Gasteiger partial charge on any atom is -0.456 e. The Kier molecular flexibility index (Phi) is 8.17. The van der Waals surface area contributed by atoms with Crippen molar-refractivity contribution in [1.29, 1.82) is 0 Å². The number of hydrogen-bond acceptors (Lipinski definition) is 2. The van der Waals surface area contributed by atoms with E-state index >= 15 is 0 Å². The first-order chi connectivity index (χ1) is 30.3. The van der Waals surface area contributed by atoms with Crippen LogP contribution in [-0.4, -0.2) is 4.57 Å². The lowest BCUT2D eigenvalue weighted by molar-refractivity contribution is 0.669. The average Bonchev–Trinajstić information content (AvgIpc) is 3.87. The molecule has 0 amide bonds. The highest BCUT2D eigenvalue weighted by molar-refractivity contribution is 6.29. The lowest BCUT2D eigenvalue weighted by Gasteiger charge is -2.28. The van der Waals surface area contributed by atoms with Crippen molar-refractivity contribution in [2.45, 2.75) is 0 Å². The Morgan fingerprint density at radius 2 is 0.967 bits per heavy atom. The van der Waals surface area contributed by atoms with Gasteiger partial charge in [0.05, 0.1) is 16.7 Å². The van der Waals surface area contributed by atoms with E-state index in [1.807, 2.05) is 0 Å². The summed E-state index contributed by atoms with van der Waals surface area (Å²) in [6.45, 7) is 0. The summed E-state index contributed by atoms with van der Waals surface area (Å²) in [7, 11) is 0. The van der Waals surface area contributed by atoms with Crippen molar-refractivity contribution in [3.8, 4) is 39.1 Å². The maximum atomic E-state index is 6.77. The molecule has 0 aliphatic rings. The van der Waals surface area contributed by atoms with Crippen LogP contribution in [0.1, 0.15) is 0 Å². The number of rotatable bonds is 7. The summed E-state index contributed by atoms with van der Waals surface area (Å²) in [6.07, 6.45) is 0.